The van der Waals surface area contributed by atoms with Gasteiger partial charge in [-0.2, -0.15) is 17.6 Å². The predicted octanol–water partition coefficient (Wildman–Crippen LogP) is 2.68. The molecule has 7 heteroatoms. The lowest BCUT2D eigenvalue weighted by Gasteiger charge is -2.26. The highest BCUT2D eigenvalue weighted by atomic mass is 19.4. The van der Waals surface area contributed by atoms with Crippen molar-refractivity contribution in [1.82, 2.24) is 0 Å². The fourth-order valence-electron chi connectivity index (χ4n) is 0.449. The van der Waals surface area contributed by atoms with Gasteiger partial charge in [0.05, 0.1) is 6.61 Å². The lowest BCUT2D eigenvalue weighted by Crippen LogP contribution is -2.49. The molecule has 0 bridgehead atoms. The van der Waals surface area contributed by atoms with Crippen molar-refractivity contribution in [2.75, 3.05) is 6.61 Å². The Bertz CT molecular complexity index is 176. The summed E-state index contributed by atoms with van der Waals surface area (Å²) >= 11 is 0. The Labute approximate surface area is 70.0 Å². The van der Waals surface area contributed by atoms with Crippen LogP contribution in [-0.2, 0) is 4.74 Å². The van der Waals surface area contributed by atoms with Gasteiger partial charge in [-0.3, -0.25) is 0 Å². The lowest BCUT2D eigenvalue weighted by atomic mass is 10.3. The Morgan fingerprint density at radius 1 is 1.23 bits per heavy atom. The van der Waals surface area contributed by atoms with Crippen molar-refractivity contribution in [2.24, 2.45) is 0 Å². The highest BCUT2D eigenvalue weighted by Crippen LogP contribution is 2.39. The predicted molar refractivity (Wildman–Crippen MR) is 32.0 cm³/mol. The average molecular weight is 208 g/mol. The van der Waals surface area contributed by atoms with Crippen molar-refractivity contribution < 1.29 is 31.1 Å². The van der Waals surface area contributed by atoms with Crippen LogP contribution < -0.4 is 0 Å². The first-order valence-electron chi connectivity index (χ1n) is 3.04. The molecular formula is C6H6F6O. The number of hydrogen-bond donors (Lipinski definition) is 0. The molecule has 0 aliphatic carbocycles. The minimum absolute atomic E-state index is 0.739. The quantitative estimate of drug-likeness (QED) is 0.509. The molecule has 0 aromatic heterocycles. The van der Waals surface area contributed by atoms with E-state index < -0.39 is 25.1 Å². The summed E-state index contributed by atoms with van der Waals surface area (Å²) in [6.45, 7) is 1.96. The van der Waals surface area contributed by atoms with Crippen molar-refractivity contribution >= 4 is 0 Å². The highest BCUT2D eigenvalue weighted by Gasteiger charge is 2.64. The first-order valence-corrected chi connectivity index (χ1v) is 3.04. The van der Waals surface area contributed by atoms with E-state index in [1.807, 2.05) is 0 Å². The van der Waals surface area contributed by atoms with Gasteiger partial charge in [0.25, 0.3) is 0 Å². The van der Waals surface area contributed by atoms with Gasteiger partial charge in [0, 0.05) is 0 Å². The molecule has 0 rings (SSSR count). The summed E-state index contributed by atoms with van der Waals surface area (Å²) in [5.74, 6) is -4.92. The molecule has 0 radical (unpaired) electrons. The molecule has 1 atom stereocenters. The van der Waals surface area contributed by atoms with Gasteiger partial charge in [-0.05, 0) is 0 Å². The van der Waals surface area contributed by atoms with Crippen molar-refractivity contribution in [3.8, 4) is 0 Å². The van der Waals surface area contributed by atoms with Crippen LogP contribution in [-0.4, -0.2) is 25.1 Å². The van der Waals surface area contributed by atoms with E-state index in [1.165, 1.54) is 0 Å². The van der Waals surface area contributed by atoms with Crippen molar-refractivity contribution in [1.29, 1.82) is 0 Å². The first kappa shape index (κ1) is 12.3. The fourth-order valence-corrected chi connectivity index (χ4v) is 0.449. The van der Waals surface area contributed by atoms with Gasteiger partial charge in [-0.25, -0.2) is 8.78 Å². The summed E-state index contributed by atoms with van der Waals surface area (Å²) in [5.41, 5.74) is 0. The minimum Gasteiger partial charge on any atom is -0.330 e. The van der Waals surface area contributed by atoms with E-state index in [9.17, 15) is 26.3 Å². The lowest BCUT2D eigenvalue weighted by molar-refractivity contribution is -0.366. The molecule has 13 heavy (non-hydrogen) atoms. The van der Waals surface area contributed by atoms with Gasteiger partial charge >= 0.3 is 18.5 Å². The minimum atomic E-state index is -5.76. The molecule has 0 heterocycles. The smallest absolute Gasteiger partial charge is 0.330 e. The Balaban J connectivity index is 4.63. The largest absolute Gasteiger partial charge is 0.454 e. The van der Waals surface area contributed by atoms with Crippen LogP contribution in [0, 0.1) is 0 Å². The number of halogens is 6. The van der Waals surface area contributed by atoms with Crippen LogP contribution in [0.2, 0.25) is 0 Å². The van der Waals surface area contributed by atoms with E-state index in [4.69, 9.17) is 0 Å². The first-order chi connectivity index (χ1) is 5.75. The molecule has 0 amide bonds. The van der Waals surface area contributed by atoms with E-state index in [-0.39, 0.29) is 0 Å². The Morgan fingerprint density at radius 2 is 1.69 bits per heavy atom. The molecule has 0 aromatic carbocycles. The molecule has 0 saturated heterocycles. The Hall–Kier alpha value is -0.720. The van der Waals surface area contributed by atoms with Crippen LogP contribution in [0.25, 0.3) is 0 Å². The molecule has 0 spiro atoms. The third-order valence-corrected chi connectivity index (χ3v) is 1.08. The molecule has 0 saturated carbocycles. The molecule has 78 valence electrons. The summed E-state index contributed by atoms with van der Waals surface area (Å²) in [6, 6.07) is 0. The van der Waals surface area contributed by atoms with E-state index in [0.717, 1.165) is 6.08 Å². The van der Waals surface area contributed by atoms with Crippen LogP contribution in [0.15, 0.2) is 12.7 Å². The van der Waals surface area contributed by atoms with Crippen LogP contribution in [0.1, 0.15) is 0 Å². The van der Waals surface area contributed by atoms with Crippen LogP contribution in [0.4, 0.5) is 26.3 Å². The maximum atomic E-state index is 12.5. The Kier molecular flexibility index (Phi) is 3.77. The van der Waals surface area contributed by atoms with E-state index in [0.29, 0.717) is 0 Å². The Morgan fingerprint density at radius 3 is 1.92 bits per heavy atom. The SMILES string of the molecule is C=CCOC(F)(C(F)F)C(F)(F)F. The van der Waals surface area contributed by atoms with Gasteiger partial charge in [0.15, 0.2) is 0 Å². The molecular weight excluding hydrogens is 202 g/mol. The monoisotopic (exact) mass is 208 g/mol. The van der Waals surface area contributed by atoms with Crippen molar-refractivity contribution in [2.45, 2.75) is 18.5 Å². The highest BCUT2D eigenvalue weighted by molar-refractivity contribution is 4.82. The molecule has 0 aliphatic rings. The zero-order valence-corrected chi connectivity index (χ0v) is 6.24. The number of rotatable bonds is 4. The van der Waals surface area contributed by atoms with E-state index in [2.05, 4.69) is 11.3 Å². The molecule has 0 aromatic rings. The molecule has 0 N–H and O–H groups in total. The van der Waals surface area contributed by atoms with E-state index in [1.54, 1.807) is 0 Å². The third kappa shape index (κ3) is 2.61. The summed E-state index contributed by atoms with van der Waals surface area (Å²) in [6.07, 6.45) is -9.31. The van der Waals surface area contributed by atoms with E-state index >= 15 is 0 Å². The summed E-state index contributed by atoms with van der Waals surface area (Å²) in [4.78, 5) is 0. The second-order valence-corrected chi connectivity index (χ2v) is 2.04. The maximum Gasteiger partial charge on any atom is 0.454 e. The number of hydrogen-bond acceptors (Lipinski definition) is 1. The molecule has 0 aliphatic heterocycles. The van der Waals surface area contributed by atoms with Gasteiger partial charge in [0.1, 0.15) is 0 Å². The number of ether oxygens (including phenoxy) is 1. The third-order valence-electron chi connectivity index (χ3n) is 1.08. The molecule has 1 nitrogen and oxygen atoms in total. The molecule has 0 fully saturated rings. The van der Waals surface area contributed by atoms with Gasteiger partial charge < -0.3 is 4.74 Å². The summed E-state index contributed by atoms with van der Waals surface area (Å²) in [5, 5.41) is 0. The normalized spacial score (nSPS) is 17.2. The van der Waals surface area contributed by atoms with Crippen molar-refractivity contribution in [3.63, 3.8) is 0 Å². The standard InChI is InChI=1S/C6H6F6O/c1-2-3-13-5(9,4(7)8)6(10,11)12/h2,4H,1,3H2. The molecule has 1 unspecified atom stereocenters. The van der Waals surface area contributed by atoms with Crippen LogP contribution >= 0.6 is 0 Å². The summed E-state index contributed by atoms with van der Waals surface area (Å²) < 4.78 is 74.1. The summed E-state index contributed by atoms with van der Waals surface area (Å²) in [7, 11) is 0. The van der Waals surface area contributed by atoms with Gasteiger partial charge in [-0.15, -0.1) is 6.58 Å². The van der Waals surface area contributed by atoms with Gasteiger partial charge in [0.2, 0.25) is 0 Å². The van der Waals surface area contributed by atoms with Crippen LogP contribution in [0.3, 0.4) is 0 Å². The second-order valence-electron chi connectivity index (χ2n) is 2.04. The second kappa shape index (κ2) is 3.99. The zero-order chi connectivity index (χ0) is 10.7. The zero-order valence-electron chi connectivity index (χ0n) is 6.24. The maximum absolute atomic E-state index is 12.5. The number of alkyl halides is 6. The van der Waals surface area contributed by atoms with Crippen LogP contribution in [0.5, 0.6) is 0 Å². The average Bonchev–Trinajstić information content (AvgIpc) is 1.97. The van der Waals surface area contributed by atoms with Crippen molar-refractivity contribution in [3.05, 3.63) is 12.7 Å². The fraction of sp³-hybridized carbons (Fsp3) is 0.667. The topological polar surface area (TPSA) is 9.23 Å². The van der Waals surface area contributed by atoms with Gasteiger partial charge in [-0.1, -0.05) is 6.08 Å².